The van der Waals surface area contributed by atoms with Gasteiger partial charge in [0.15, 0.2) is 0 Å². The van der Waals surface area contributed by atoms with Crippen molar-refractivity contribution in [2.75, 3.05) is 26.2 Å². The maximum Gasteiger partial charge on any atom is 0.115 e. The highest BCUT2D eigenvalue weighted by molar-refractivity contribution is 5.29. The van der Waals surface area contributed by atoms with Crippen LogP contribution in [0.5, 0.6) is 5.75 Å². The van der Waals surface area contributed by atoms with Gasteiger partial charge in [-0.3, -0.25) is 4.90 Å². The fourth-order valence-electron chi connectivity index (χ4n) is 2.86. The van der Waals surface area contributed by atoms with Crippen LogP contribution in [0.15, 0.2) is 24.3 Å². The van der Waals surface area contributed by atoms with E-state index >= 15 is 0 Å². The average molecular weight is 248 g/mol. The third kappa shape index (κ3) is 3.03. The summed E-state index contributed by atoms with van der Waals surface area (Å²) in [5.41, 5.74) is 1.48. The first-order chi connectivity index (χ1) is 8.48. The number of hydrogen-bond acceptors (Lipinski definition) is 3. The van der Waals surface area contributed by atoms with Crippen LogP contribution in [0.4, 0.5) is 0 Å². The molecule has 0 aliphatic carbocycles. The van der Waals surface area contributed by atoms with Crippen molar-refractivity contribution in [3.8, 4) is 5.75 Å². The molecule has 2 rings (SSSR count). The van der Waals surface area contributed by atoms with Gasteiger partial charge in [-0.05, 0) is 23.1 Å². The molecule has 1 atom stereocenters. The van der Waals surface area contributed by atoms with Crippen molar-refractivity contribution in [3.05, 3.63) is 29.8 Å². The maximum atomic E-state index is 9.43. The summed E-state index contributed by atoms with van der Waals surface area (Å²) in [5, 5.41) is 12.8. The molecule has 1 saturated heterocycles. The monoisotopic (exact) mass is 248 g/mol. The van der Waals surface area contributed by atoms with Gasteiger partial charge in [-0.25, -0.2) is 0 Å². The third-order valence-electron chi connectivity index (χ3n) is 3.55. The van der Waals surface area contributed by atoms with E-state index in [4.69, 9.17) is 0 Å². The molecular formula is C15H24N2O. The summed E-state index contributed by atoms with van der Waals surface area (Å²) in [5.74, 6) is 0.340. The van der Waals surface area contributed by atoms with Crippen LogP contribution in [0.1, 0.15) is 32.4 Å². The normalized spacial score (nSPS) is 19.7. The van der Waals surface area contributed by atoms with Crippen LogP contribution >= 0.6 is 0 Å². The van der Waals surface area contributed by atoms with Crippen molar-refractivity contribution in [3.63, 3.8) is 0 Å². The lowest BCUT2D eigenvalue weighted by molar-refractivity contribution is 0.0862. The van der Waals surface area contributed by atoms with E-state index in [-0.39, 0.29) is 5.41 Å². The molecule has 1 fully saturated rings. The molecule has 1 aromatic carbocycles. The molecule has 0 aromatic heterocycles. The summed E-state index contributed by atoms with van der Waals surface area (Å²) in [6, 6.07) is 8.08. The quantitative estimate of drug-likeness (QED) is 0.843. The number of nitrogens with one attached hydrogen (secondary N) is 1. The number of benzene rings is 1. The summed E-state index contributed by atoms with van der Waals surface area (Å²) >= 11 is 0. The highest BCUT2D eigenvalue weighted by Crippen LogP contribution is 2.38. The Labute approximate surface area is 110 Å². The highest BCUT2D eigenvalue weighted by atomic mass is 16.3. The summed E-state index contributed by atoms with van der Waals surface area (Å²) < 4.78 is 0. The number of nitrogens with zero attached hydrogens (tertiary/aromatic N) is 1. The minimum atomic E-state index is 0.189. The van der Waals surface area contributed by atoms with Gasteiger partial charge in [0.2, 0.25) is 0 Å². The average Bonchev–Trinajstić information content (AvgIpc) is 2.32. The van der Waals surface area contributed by atoms with Crippen LogP contribution in [-0.2, 0) is 0 Å². The Balaban J connectivity index is 2.27. The van der Waals surface area contributed by atoms with Crippen molar-refractivity contribution in [1.82, 2.24) is 10.2 Å². The molecule has 3 heteroatoms. The van der Waals surface area contributed by atoms with Gasteiger partial charge in [0.25, 0.3) is 0 Å². The molecule has 1 heterocycles. The zero-order chi connectivity index (χ0) is 13.2. The topological polar surface area (TPSA) is 35.5 Å². The minimum Gasteiger partial charge on any atom is -0.508 e. The Hall–Kier alpha value is -1.06. The number of hydrogen-bond donors (Lipinski definition) is 2. The van der Waals surface area contributed by atoms with Gasteiger partial charge in [0.05, 0.1) is 0 Å². The van der Waals surface area contributed by atoms with Crippen LogP contribution in [0, 0.1) is 5.41 Å². The fourth-order valence-corrected chi connectivity index (χ4v) is 2.86. The van der Waals surface area contributed by atoms with Crippen molar-refractivity contribution in [2.45, 2.75) is 26.8 Å². The summed E-state index contributed by atoms with van der Waals surface area (Å²) in [7, 11) is 0. The lowest BCUT2D eigenvalue weighted by Gasteiger charge is -2.42. The number of piperazine rings is 1. The van der Waals surface area contributed by atoms with Gasteiger partial charge in [-0.1, -0.05) is 32.9 Å². The first kappa shape index (κ1) is 13.4. The Morgan fingerprint density at radius 2 is 1.67 bits per heavy atom. The van der Waals surface area contributed by atoms with Gasteiger partial charge in [-0.15, -0.1) is 0 Å². The van der Waals surface area contributed by atoms with Crippen LogP contribution in [0.25, 0.3) is 0 Å². The number of phenolic OH excluding ortho intramolecular Hbond substituents is 1. The van der Waals surface area contributed by atoms with Gasteiger partial charge in [-0.2, -0.15) is 0 Å². The SMILES string of the molecule is CC(C)(C)[C@@H](c1ccc(O)cc1)N1CCNCC1. The lowest BCUT2D eigenvalue weighted by Crippen LogP contribution is -2.48. The fraction of sp³-hybridized carbons (Fsp3) is 0.600. The molecule has 0 amide bonds. The largest absolute Gasteiger partial charge is 0.508 e. The van der Waals surface area contributed by atoms with E-state index in [0.29, 0.717) is 11.8 Å². The molecule has 100 valence electrons. The van der Waals surface area contributed by atoms with E-state index in [1.54, 1.807) is 12.1 Å². The van der Waals surface area contributed by atoms with Gasteiger partial charge in [0, 0.05) is 32.2 Å². The van der Waals surface area contributed by atoms with Crippen molar-refractivity contribution < 1.29 is 5.11 Å². The number of phenols is 1. The van der Waals surface area contributed by atoms with Gasteiger partial charge < -0.3 is 10.4 Å². The maximum absolute atomic E-state index is 9.43. The predicted octanol–water partition coefficient (Wildman–Crippen LogP) is 2.38. The van der Waals surface area contributed by atoms with Gasteiger partial charge in [0.1, 0.15) is 5.75 Å². The lowest BCUT2D eigenvalue weighted by atomic mass is 9.81. The molecule has 1 aliphatic rings. The van der Waals surface area contributed by atoms with Gasteiger partial charge >= 0.3 is 0 Å². The Morgan fingerprint density at radius 1 is 1.11 bits per heavy atom. The molecule has 0 spiro atoms. The second-order valence-corrected chi connectivity index (χ2v) is 6.15. The Kier molecular flexibility index (Phi) is 3.93. The van der Waals surface area contributed by atoms with Crippen LogP contribution < -0.4 is 5.32 Å². The molecule has 0 saturated carbocycles. The zero-order valence-corrected chi connectivity index (χ0v) is 11.6. The Morgan fingerprint density at radius 3 is 2.17 bits per heavy atom. The molecule has 18 heavy (non-hydrogen) atoms. The van der Waals surface area contributed by atoms with Crippen molar-refractivity contribution in [2.24, 2.45) is 5.41 Å². The second-order valence-electron chi connectivity index (χ2n) is 6.15. The molecule has 0 radical (unpaired) electrons. The molecule has 1 aliphatic heterocycles. The summed E-state index contributed by atoms with van der Waals surface area (Å²) in [4.78, 5) is 2.54. The molecule has 2 N–H and O–H groups in total. The van der Waals surface area contributed by atoms with E-state index in [1.165, 1.54) is 5.56 Å². The summed E-state index contributed by atoms with van der Waals surface area (Å²) in [6.45, 7) is 11.1. The molecular weight excluding hydrogens is 224 g/mol. The predicted molar refractivity (Wildman–Crippen MR) is 74.7 cm³/mol. The zero-order valence-electron chi connectivity index (χ0n) is 11.6. The van der Waals surface area contributed by atoms with Crippen LogP contribution in [0.2, 0.25) is 0 Å². The van der Waals surface area contributed by atoms with Crippen molar-refractivity contribution in [1.29, 1.82) is 0 Å². The van der Waals surface area contributed by atoms with E-state index in [9.17, 15) is 5.11 Å². The molecule has 0 unspecified atom stereocenters. The first-order valence-electron chi connectivity index (χ1n) is 6.72. The van der Waals surface area contributed by atoms with Crippen molar-refractivity contribution >= 4 is 0 Å². The Bertz CT molecular complexity index is 374. The third-order valence-corrected chi connectivity index (χ3v) is 3.55. The molecule has 0 bridgehead atoms. The molecule has 1 aromatic rings. The highest BCUT2D eigenvalue weighted by Gasteiger charge is 2.32. The van der Waals surface area contributed by atoms with Crippen LogP contribution in [0.3, 0.4) is 0 Å². The summed E-state index contributed by atoms with van der Waals surface area (Å²) in [6.07, 6.45) is 0. The number of aromatic hydroxyl groups is 1. The number of rotatable bonds is 2. The van der Waals surface area contributed by atoms with E-state index in [1.807, 2.05) is 12.1 Å². The van der Waals surface area contributed by atoms with E-state index < -0.39 is 0 Å². The minimum absolute atomic E-state index is 0.189. The first-order valence-corrected chi connectivity index (χ1v) is 6.72. The smallest absolute Gasteiger partial charge is 0.115 e. The molecule has 3 nitrogen and oxygen atoms in total. The standard InChI is InChI=1S/C15H24N2O/c1-15(2,3)14(17-10-8-16-9-11-17)12-4-6-13(18)7-5-12/h4-7,14,16,18H,8-11H2,1-3H3/t14-/m1/s1. The van der Waals surface area contributed by atoms with Crippen LogP contribution in [-0.4, -0.2) is 36.2 Å². The van der Waals surface area contributed by atoms with E-state index in [0.717, 1.165) is 26.2 Å². The van der Waals surface area contributed by atoms with E-state index in [2.05, 4.69) is 31.0 Å². The second kappa shape index (κ2) is 5.29.